The lowest BCUT2D eigenvalue weighted by molar-refractivity contribution is 0.0899. The van der Waals surface area contributed by atoms with Crippen molar-refractivity contribution in [3.05, 3.63) is 36.1 Å². The highest BCUT2D eigenvalue weighted by Crippen LogP contribution is 2.22. The molecule has 1 unspecified atom stereocenters. The van der Waals surface area contributed by atoms with Crippen molar-refractivity contribution in [3.63, 3.8) is 0 Å². The fourth-order valence-electron chi connectivity index (χ4n) is 2.58. The van der Waals surface area contributed by atoms with E-state index in [1.165, 1.54) is 6.26 Å². The lowest BCUT2D eigenvalue weighted by atomic mass is 9.90. The summed E-state index contributed by atoms with van der Waals surface area (Å²) < 4.78 is 5.41. The SMILES string of the molecule is CC(C)CC(C)(CN)NC(=O)c1coc2ccccc12.Cl. The van der Waals surface area contributed by atoms with Gasteiger partial charge in [0, 0.05) is 17.5 Å². The monoisotopic (exact) mass is 310 g/mol. The summed E-state index contributed by atoms with van der Waals surface area (Å²) in [6.45, 7) is 6.63. The van der Waals surface area contributed by atoms with Gasteiger partial charge in [0.15, 0.2) is 0 Å². The molecular formula is C16H23ClN2O2. The van der Waals surface area contributed by atoms with Gasteiger partial charge in [-0.05, 0) is 25.3 Å². The van der Waals surface area contributed by atoms with Gasteiger partial charge in [0.25, 0.3) is 5.91 Å². The molecule has 1 amide bonds. The van der Waals surface area contributed by atoms with Crippen molar-refractivity contribution < 1.29 is 9.21 Å². The third kappa shape index (κ3) is 3.99. The van der Waals surface area contributed by atoms with E-state index in [2.05, 4.69) is 19.2 Å². The number of benzene rings is 1. The summed E-state index contributed by atoms with van der Waals surface area (Å²) in [5.41, 5.74) is 6.71. The molecule has 2 rings (SSSR count). The molecule has 1 heterocycles. The average Bonchev–Trinajstić information content (AvgIpc) is 2.81. The second kappa shape index (κ2) is 6.96. The van der Waals surface area contributed by atoms with Gasteiger partial charge in [-0.25, -0.2) is 0 Å². The van der Waals surface area contributed by atoms with Crippen molar-refractivity contribution in [2.24, 2.45) is 11.7 Å². The lowest BCUT2D eigenvalue weighted by Crippen LogP contribution is -2.52. The van der Waals surface area contributed by atoms with Gasteiger partial charge in [0.05, 0.1) is 5.56 Å². The van der Waals surface area contributed by atoms with Crippen molar-refractivity contribution in [2.75, 3.05) is 6.54 Å². The van der Waals surface area contributed by atoms with Crippen LogP contribution in [0, 0.1) is 5.92 Å². The molecule has 0 spiro atoms. The number of amides is 1. The van der Waals surface area contributed by atoms with E-state index >= 15 is 0 Å². The van der Waals surface area contributed by atoms with Crippen LogP contribution in [0.1, 0.15) is 37.6 Å². The molecule has 5 heteroatoms. The Hall–Kier alpha value is -1.52. The molecule has 0 aliphatic heterocycles. The predicted octanol–water partition coefficient (Wildman–Crippen LogP) is 3.35. The molecule has 0 aliphatic carbocycles. The Morgan fingerprint density at radius 3 is 2.67 bits per heavy atom. The minimum atomic E-state index is -0.399. The molecule has 2 aromatic rings. The number of nitrogens with one attached hydrogen (secondary N) is 1. The summed E-state index contributed by atoms with van der Waals surface area (Å²) in [4.78, 5) is 12.4. The van der Waals surface area contributed by atoms with E-state index in [0.29, 0.717) is 18.0 Å². The Bertz CT molecular complexity index is 609. The van der Waals surface area contributed by atoms with Crippen LogP contribution >= 0.6 is 12.4 Å². The molecule has 1 aromatic heterocycles. The van der Waals surface area contributed by atoms with Crippen LogP contribution < -0.4 is 11.1 Å². The molecule has 1 aromatic carbocycles. The fourth-order valence-corrected chi connectivity index (χ4v) is 2.58. The average molecular weight is 311 g/mol. The Balaban J connectivity index is 0.00000220. The molecule has 1 atom stereocenters. The molecule has 0 radical (unpaired) electrons. The normalized spacial score (nSPS) is 13.8. The van der Waals surface area contributed by atoms with Crippen LogP contribution in [0.15, 0.2) is 34.9 Å². The van der Waals surface area contributed by atoms with Crippen LogP contribution in [0.4, 0.5) is 0 Å². The predicted molar refractivity (Wildman–Crippen MR) is 87.8 cm³/mol. The first-order valence-corrected chi connectivity index (χ1v) is 6.94. The number of fused-ring (bicyclic) bond motifs is 1. The number of nitrogens with two attached hydrogens (primary N) is 1. The molecule has 4 nitrogen and oxygen atoms in total. The highest BCUT2D eigenvalue weighted by molar-refractivity contribution is 6.06. The first kappa shape index (κ1) is 17.5. The second-order valence-electron chi connectivity index (χ2n) is 5.96. The number of halogens is 1. The zero-order valence-electron chi connectivity index (χ0n) is 12.7. The Kier molecular flexibility index (Phi) is 5.81. The smallest absolute Gasteiger partial charge is 0.255 e. The molecule has 21 heavy (non-hydrogen) atoms. The van der Waals surface area contributed by atoms with E-state index < -0.39 is 5.54 Å². The van der Waals surface area contributed by atoms with E-state index in [1.54, 1.807) is 0 Å². The topological polar surface area (TPSA) is 68.3 Å². The summed E-state index contributed by atoms with van der Waals surface area (Å²) in [7, 11) is 0. The maximum Gasteiger partial charge on any atom is 0.255 e. The largest absolute Gasteiger partial charge is 0.463 e. The minimum Gasteiger partial charge on any atom is -0.463 e. The molecule has 116 valence electrons. The summed E-state index contributed by atoms with van der Waals surface area (Å²) in [5.74, 6) is 0.327. The third-order valence-corrected chi connectivity index (χ3v) is 3.45. The maximum atomic E-state index is 12.4. The van der Waals surface area contributed by atoms with Crippen LogP contribution in [0.25, 0.3) is 11.0 Å². The first-order chi connectivity index (χ1) is 9.45. The summed E-state index contributed by atoms with van der Waals surface area (Å²) in [6, 6.07) is 7.51. The van der Waals surface area contributed by atoms with E-state index in [0.717, 1.165) is 17.4 Å². The van der Waals surface area contributed by atoms with Crippen LogP contribution in [0.5, 0.6) is 0 Å². The summed E-state index contributed by atoms with van der Waals surface area (Å²) >= 11 is 0. The number of carbonyl (C=O) groups excluding carboxylic acids is 1. The summed E-state index contributed by atoms with van der Waals surface area (Å²) in [6.07, 6.45) is 2.34. The number of para-hydroxylation sites is 1. The Labute approximate surface area is 131 Å². The first-order valence-electron chi connectivity index (χ1n) is 6.94. The summed E-state index contributed by atoms with van der Waals surface area (Å²) in [5, 5.41) is 3.87. The van der Waals surface area contributed by atoms with Crippen LogP contribution in [-0.4, -0.2) is 18.0 Å². The number of rotatable bonds is 5. The standard InChI is InChI=1S/C16H22N2O2.ClH/c1-11(2)8-16(3,10-17)18-15(19)13-9-20-14-7-5-4-6-12(13)14;/h4-7,9,11H,8,10,17H2,1-3H3,(H,18,19);1H. The van der Waals surface area contributed by atoms with Crippen LogP contribution in [0.2, 0.25) is 0 Å². The Morgan fingerprint density at radius 1 is 1.38 bits per heavy atom. The van der Waals surface area contributed by atoms with E-state index in [1.807, 2.05) is 31.2 Å². The van der Waals surface area contributed by atoms with Gasteiger partial charge >= 0.3 is 0 Å². The molecule has 0 saturated carbocycles. The van der Waals surface area contributed by atoms with Crippen molar-refractivity contribution >= 4 is 29.3 Å². The van der Waals surface area contributed by atoms with Gasteiger partial charge in [-0.15, -0.1) is 12.4 Å². The van der Waals surface area contributed by atoms with E-state index in [4.69, 9.17) is 10.2 Å². The minimum absolute atomic E-state index is 0. The maximum absolute atomic E-state index is 12.4. The van der Waals surface area contributed by atoms with Crippen molar-refractivity contribution in [1.29, 1.82) is 0 Å². The fraction of sp³-hybridized carbons (Fsp3) is 0.438. The zero-order chi connectivity index (χ0) is 14.8. The van der Waals surface area contributed by atoms with E-state index in [-0.39, 0.29) is 18.3 Å². The number of hydrogen-bond donors (Lipinski definition) is 2. The van der Waals surface area contributed by atoms with Crippen LogP contribution in [-0.2, 0) is 0 Å². The van der Waals surface area contributed by atoms with Gasteiger partial charge in [-0.3, -0.25) is 4.79 Å². The second-order valence-corrected chi connectivity index (χ2v) is 5.96. The zero-order valence-corrected chi connectivity index (χ0v) is 13.5. The van der Waals surface area contributed by atoms with Crippen LogP contribution in [0.3, 0.4) is 0 Å². The number of carbonyl (C=O) groups is 1. The molecule has 0 bridgehead atoms. The van der Waals surface area contributed by atoms with E-state index in [9.17, 15) is 4.79 Å². The Morgan fingerprint density at radius 2 is 2.05 bits per heavy atom. The van der Waals surface area contributed by atoms with Gasteiger partial charge in [-0.1, -0.05) is 32.0 Å². The third-order valence-electron chi connectivity index (χ3n) is 3.45. The molecule has 3 N–H and O–H groups in total. The highest BCUT2D eigenvalue weighted by atomic mass is 35.5. The molecular weight excluding hydrogens is 288 g/mol. The number of hydrogen-bond acceptors (Lipinski definition) is 3. The van der Waals surface area contributed by atoms with Gasteiger partial charge in [0.2, 0.25) is 0 Å². The molecule has 0 aliphatic rings. The lowest BCUT2D eigenvalue weighted by Gasteiger charge is -2.31. The van der Waals surface area contributed by atoms with Gasteiger partial charge in [-0.2, -0.15) is 0 Å². The van der Waals surface area contributed by atoms with Gasteiger partial charge in [0.1, 0.15) is 11.8 Å². The quantitative estimate of drug-likeness (QED) is 0.890. The molecule has 0 saturated heterocycles. The highest BCUT2D eigenvalue weighted by Gasteiger charge is 2.27. The van der Waals surface area contributed by atoms with Crippen molar-refractivity contribution in [2.45, 2.75) is 32.7 Å². The number of furan rings is 1. The van der Waals surface area contributed by atoms with Gasteiger partial charge < -0.3 is 15.5 Å². The van der Waals surface area contributed by atoms with Crippen molar-refractivity contribution in [1.82, 2.24) is 5.32 Å². The van der Waals surface area contributed by atoms with Crippen molar-refractivity contribution in [3.8, 4) is 0 Å². The molecule has 0 fully saturated rings.